The molecule has 6 nitrogen and oxygen atoms in total. The molecule has 0 bridgehead atoms. The van der Waals surface area contributed by atoms with Gasteiger partial charge in [-0.3, -0.25) is 4.79 Å². The van der Waals surface area contributed by atoms with Crippen LogP contribution in [0.1, 0.15) is 27.0 Å². The zero-order chi connectivity index (χ0) is 27.8. The number of halogens is 1. The van der Waals surface area contributed by atoms with E-state index in [-0.39, 0.29) is 12.4 Å². The third-order valence-electron chi connectivity index (χ3n) is 7.71. The highest BCUT2D eigenvalue weighted by atomic mass is 19.1. The number of fused-ring (bicyclic) bond motifs is 4. The molecule has 202 valence electrons. The van der Waals surface area contributed by atoms with Crippen molar-refractivity contribution >= 4 is 16.8 Å². The Labute approximate surface area is 231 Å². The monoisotopic (exact) mass is 536 g/mol. The topological polar surface area (TPSA) is 94.6 Å². The molecule has 0 saturated carbocycles. The molecule has 4 N–H and O–H groups in total. The molecule has 1 heterocycles. The number of aromatic amines is 1. The number of aliphatic hydroxyl groups is 1. The molecule has 0 spiro atoms. The number of amides is 1. The summed E-state index contributed by atoms with van der Waals surface area (Å²) in [6.07, 6.45) is 3.69. The number of benzene rings is 4. The zero-order valence-corrected chi connectivity index (χ0v) is 22.0. The number of para-hydroxylation sites is 1. The molecule has 5 aromatic rings. The fraction of sp³-hybridized carbons (Fsp3) is 0.182. The Morgan fingerprint density at radius 2 is 1.70 bits per heavy atom. The van der Waals surface area contributed by atoms with Gasteiger partial charge < -0.3 is 25.3 Å². The quantitative estimate of drug-likeness (QED) is 0.212. The summed E-state index contributed by atoms with van der Waals surface area (Å²) in [5.74, 6) is -0.418. The Morgan fingerprint density at radius 1 is 0.975 bits per heavy atom. The normalized spacial score (nSPS) is 13.0. The van der Waals surface area contributed by atoms with Gasteiger partial charge in [0.15, 0.2) is 11.5 Å². The number of aromatic nitrogens is 1. The van der Waals surface area contributed by atoms with Crippen LogP contribution in [0.2, 0.25) is 0 Å². The SMILES string of the molecule is COc1cc2c(cc1O)CCc1cc(-c3ccccc3F)c(C(=O)N[C@@H](CO)Cc3c[nH]c4ccccc34)cc1-2. The third kappa shape index (κ3) is 4.58. The number of nitrogens with one attached hydrogen (secondary N) is 2. The number of ether oxygens (including phenoxy) is 1. The van der Waals surface area contributed by atoms with Gasteiger partial charge in [-0.1, -0.05) is 36.4 Å². The van der Waals surface area contributed by atoms with Crippen molar-refractivity contribution in [2.75, 3.05) is 13.7 Å². The molecule has 1 aliphatic rings. The highest BCUT2D eigenvalue weighted by Gasteiger charge is 2.26. The lowest BCUT2D eigenvalue weighted by atomic mass is 9.82. The van der Waals surface area contributed by atoms with Crippen LogP contribution in [0.5, 0.6) is 11.5 Å². The first-order valence-electron chi connectivity index (χ1n) is 13.3. The number of rotatable bonds is 7. The Morgan fingerprint density at radius 3 is 2.48 bits per heavy atom. The number of phenolic OH excluding ortho intramolecular Hbond substituents is 1. The average Bonchev–Trinajstić information content (AvgIpc) is 3.38. The number of hydrogen-bond donors (Lipinski definition) is 4. The number of methoxy groups -OCH3 is 1. The van der Waals surface area contributed by atoms with Crippen molar-refractivity contribution in [3.63, 3.8) is 0 Å². The van der Waals surface area contributed by atoms with Gasteiger partial charge in [0.1, 0.15) is 5.82 Å². The number of H-pyrrole nitrogens is 1. The molecule has 0 aliphatic heterocycles. The first kappa shape index (κ1) is 25.6. The first-order chi connectivity index (χ1) is 19.5. The number of aliphatic hydroxyl groups excluding tert-OH is 1. The third-order valence-corrected chi connectivity index (χ3v) is 7.71. The van der Waals surface area contributed by atoms with Crippen LogP contribution in [0.15, 0.2) is 79.0 Å². The highest BCUT2D eigenvalue weighted by molar-refractivity contribution is 6.03. The zero-order valence-electron chi connectivity index (χ0n) is 22.0. The van der Waals surface area contributed by atoms with E-state index in [1.54, 1.807) is 36.4 Å². The summed E-state index contributed by atoms with van der Waals surface area (Å²) in [4.78, 5) is 17.1. The lowest BCUT2D eigenvalue weighted by Crippen LogP contribution is -2.39. The summed E-state index contributed by atoms with van der Waals surface area (Å²) < 4.78 is 20.4. The number of hydrogen-bond acceptors (Lipinski definition) is 4. The Balaban J connectivity index is 1.42. The van der Waals surface area contributed by atoms with Crippen LogP contribution in [0.4, 0.5) is 4.39 Å². The Hall–Kier alpha value is -4.62. The van der Waals surface area contributed by atoms with E-state index < -0.39 is 17.8 Å². The Kier molecular flexibility index (Phi) is 6.74. The number of carbonyl (C=O) groups is 1. The fourth-order valence-electron chi connectivity index (χ4n) is 5.68. The number of phenols is 1. The molecule has 4 aromatic carbocycles. The van der Waals surface area contributed by atoms with E-state index in [9.17, 15) is 15.0 Å². The van der Waals surface area contributed by atoms with Crippen LogP contribution >= 0.6 is 0 Å². The van der Waals surface area contributed by atoms with Gasteiger partial charge in [-0.15, -0.1) is 0 Å². The van der Waals surface area contributed by atoms with Crippen molar-refractivity contribution in [3.8, 4) is 33.8 Å². The number of carbonyl (C=O) groups excluding carboxylic acids is 1. The highest BCUT2D eigenvalue weighted by Crippen LogP contribution is 2.42. The summed E-state index contributed by atoms with van der Waals surface area (Å²) in [5.41, 5.74) is 6.73. The predicted molar refractivity (Wildman–Crippen MR) is 153 cm³/mol. The second-order valence-electron chi connectivity index (χ2n) is 10.1. The molecule has 7 heteroatoms. The van der Waals surface area contributed by atoms with Gasteiger partial charge in [-0.2, -0.15) is 0 Å². The van der Waals surface area contributed by atoms with E-state index >= 15 is 4.39 Å². The maximum atomic E-state index is 15.0. The molecule has 6 rings (SSSR count). The summed E-state index contributed by atoms with van der Waals surface area (Å²) in [5, 5.41) is 24.5. The maximum Gasteiger partial charge on any atom is 0.252 e. The predicted octanol–water partition coefficient (Wildman–Crippen LogP) is 5.79. The van der Waals surface area contributed by atoms with E-state index in [2.05, 4.69) is 10.3 Å². The van der Waals surface area contributed by atoms with Crippen LogP contribution in [0.3, 0.4) is 0 Å². The molecule has 40 heavy (non-hydrogen) atoms. The second kappa shape index (κ2) is 10.5. The first-order valence-corrected chi connectivity index (χ1v) is 13.3. The van der Waals surface area contributed by atoms with E-state index in [0.29, 0.717) is 41.7 Å². The number of aromatic hydroxyl groups is 1. The summed E-state index contributed by atoms with van der Waals surface area (Å²) in [6, 6.07) is 20.9. The smallest absolute Gasteiger partial charge is 0.252 e. The van der Waals surface area contributed by atoms with Crippen LogP contribution in [-0.4, -0.2) is 40.9 Å². The molecule has 1 aromatic heterocycles. The van der Waals surface area contributed by atoms with Crippen LogP contribution < -0.4 is 10.1 Å². The van der Waals surface area contributed by atoms with E-state index in [1.165, 1.54) is 13.2 Å². The van der Waals surface area contributed by atoms with Gasteiger partial charge in [-0.05, 0) is 89.0 Å². The number of aryl methyl sites for hydroxylation is 2. The van der Waals surface area contributed by atoms with E-state index in [4.69, 9.17) is 4.74 Å². The van der Waals surface area contributed by atoms with E-state index in [1.807, 2.05) is 36.5 Å². The van der Waals surface area contributed by atoms with Gasteiger partial charge >= 0.3 is 0 Å². The largest absolute Gasteiger partial charge is 0.504 e. The molecule has 0 unspecified atom stereocenters. The van der Waals surface area contributed by atoms with Crippen molar-refractivity contribution in [3.05, 3.63) is 107 Å². The van der Waals surface area contributed by atoms with Gasteiger partial charge in [0.05, 0.1) is 19.8 Å². The molecular weight excluding hydrogens is 507 g/mol. The standard InChI is InChI=1S/C33H29FN2O4/c1-40-32-16-26-20(14-31(32)38)11-10-19-13-27(24-7-2-4-8-29(24)34)28(15-25(19)26)33(39)36-22(18-37)12-21-17-35-30-9-5-3-6-23(21)30/h2-9,13-17,22,35,37-38H,10-12,18H2,1H3,(H,36,39)/t22-/m1/s1. The average molecular weight is 537 g/mol. The molecule has 1 atom stereocenters. The maximum absolute atomic E-state index is 15.0. The van der Waals surface area contributed by atoms with Gasteiger partial charge in [-0.25, -0.2) is 4.39 Å². The van der Waals surface area contributed by atoms with Crippen LogP contribution in [0.25, 0.3) is 33.2 Å². The van der Waals surface area contributed by atoms with Gasteiger partial charge in [0.25, 0.3) is 5.91 Å². The van der Waals surface area contributed by atoms with Crippen molar-refractivity contribution < 1.29 is 24.1 Å². The van der Waals surface area contributed by atoms with Crippen molar-refractivity contribution in [1.82, 2.24) is 10.3 Å². The lowest BCUT2D eigenvalue weighted by molar-refractivity contribution is 0.0917. The molecule has 1 aliphatic carbocycles. The molecule has 0 radical (unpaired) electrons. The molecular formula is C33H29FN2O4. The second-order valence-corrected chi connectivity index (χ2v) is 10.1. The minimum atomic E-state index is -0.555. The van der Waals surface area contributed by atoms with Gasteiger partial charge in [0, 0.05) is 28.2 Å². The summed E-state index contributed by atoms with van der Waals surface area (Å²) >= 11 is 0. The van der Waals surface area contributed by atoms with Crippen molar-refractivity contribution in [2.24, 2.45) is 0 Å². The molecule has 0 fully saturated rings. The van der Waals surface area contributed by atoms with Crippen LogP contribution in [-0.2, 0) is 19.3 Å². The molecule has 0 saturated heterocycles. The van der Waals surface area contributed by atoms with Gasteiger partial charge in [0.2, 0.25) is 0 Å². The minimum Gasteiger partial charge on any atom is -0.504 e. The van der Waals surface area contributed by atoms with Crippen LogP contribution in [0, 0.1) is 5.82 Å². The van der Waals surface area contributed by atoms with E-state index in [0.717, 1.165) is 38.7 Å². The lowest BCUT2D eigenvalue weighted by Gasteiger charge is -2.24. The summed E-state index contributed by atoms with van der Waals surface area (Å²) in [6.45, 7) is -0.259. The summed E-state index contributed by atoms with van der Waals surface area (Å²) in [7, 11) is 1.49. The fourth-order valence-corrected chi connectivity index (χ4v) is 5.68. The Bertz CT molecular complexity index is 1740. The minimum absolute atomic E-state index is 0.0636. The van der Waals surface area contributed by atoms with Crippen molar-refractivity contribution in [2.45, 2.75) is 25.3 Å². The van der Waals surface area contributed by atoms with Crippen molar-refractivity contribution in [1.29, 1.82) is 0 Å². The molecule has 1 amide bonds.